The van der Waals surface area contributed by atoms with Crippen molar-refractivity contribution < 1.29 is 23.9 Å². The Kier molecular flexibility index (Phi) is 6.82. The highest BCUT2D eigenvalue weighted by molar-refractivity contribution is 5.99. The van der Waals surface area contributed by atoms with Crippen LogP contribution < -0.4 is 20.1 Å². The van der Waals surface area contributed by atoms with Crippen LogP contribution in [-0.4, -0.2) is 43.0 Å². The van der Waals surface area contributed by atoms with E-state index in [1.165, 1.54) is 4.90 Å². The third-order valence-electron chi connectivity index (χ3n) is 6.50. The summed E-state index contributed by atoms with van der Waals surface area (Å²) in [5.74, 6) is 0.648. The average molecular weight is 452 g/mol. The lowest BCUT2D eigenvalue weighted by atomic mass is 9.76. The first-order valence-corrected chi connectivity index (χ1v) is 11.1. The van der Waals surface area contributed by atoms with Crippen LogP contribution in [0, 0.1) is 11.8 Å². The number of carbonyl (C=O) groups excluding carboxylic acids is 3. The molecule has 1 saturated carbocycles. The first kappa shape index (κ1) is 22.6. The van der Waals surface area contributed by atoms with E-state index in [4.69, 9.17) is 9.47 Å². The molecular formula is C25H29N3O5. The van der Waals surface area contributed by atoms with Crippen LogP contribution in [0.1, 0.15) is 30.4 Å². The molecule has 8 heteroatoms. The molecule has 174 valence electrons. The largest absolute Gasteiger partial charge is 0.497 e. The molecule has 2 aromatic rings. The van der Waals surface area contributed by atoms with E-state index in [0.29, 0.717) is 25.8 Å². The zero-order valence-corrected chi connectivity index (χ0v) is 18.9. The van der Waals surface area contributed by atoms with Crippen molar-refractivity contribution in [1.82, 2.24) is 15.5 Å². The molecule has 1 aliphatic heterocycles. The quantitative estimate of drug-likeness (QED) is 0.675. The van der Waals surface area contributed by atoms with Crippen LogP contribution in [0.2, 0.25) is 0 Å². The average Bonchev–Trinajstić information content (AvgIpc) is 2.85. The summed E-state index contributed by atoms with van der Waals surface area (Å²) in [6, 6.07) is 14.1. The monoisotopic (exact) mass is 451 g/mol. The van der Waals surface area contributed by atoms with Crippen LogP contribution in [0.15, 0.2) is 48.5 Å². The summed E-state index contributed by atoms with van der Waals surface area (Å²) in [6.45, 7) is 0.578. The number of nitrogens with zero attached hydrogens (tertiary/aromatic N) is 1. The van der Waals surface area contributed by atoms with Crippen molar-refractivity contribution in [3.05, 3.63) is 59.7 Å². The van der Waals surface area contributed by atoms with Gasteiger partial charge in [0.05, 0.1) is 26.7 Å². The molecule has 33 heavy (non-hydrogen) atoms. The van der Waals surface area contributed by atoms with Crippen molar-refractivity contribution in [2.45, 2.75) is 38.4 Å². The molecule has 4 rings (SSSR count). The van der Waals surface area contributed by atoms with Gasteiger partial charge in [-0.2, -0.15) is 0 Å². The molecule has 0 spiro atoms. The van der Waals surface area contributed by atoms with E-state index in [2.05, 4.69) is 10.6 Å². The van der Waals surface area contributed by atoms with Gasteiger partial charge in [-0.1, -0.05) is 30.3 Å². The number of fused-ring (bicyclic) bond motifs is 1. The van der Waals surface area contributed by atoms with Crippen molar-refractivity contribution in [3.63, 3.8) is 0 Å². The molecule has 1 heterocycles. The van der Waals surface area contributed by atoms with Gasteiger partial charge < -0.3 is 20.1 Å². The number of benzene rings is 2. The van der Waals surface area contributed by atoms with E-state index in [9.17, 15) is 14.4 Å². The molecule has 2 aromatic carbocycles. The second kappa shape index (κ2) is 9.94. The number of ether oxygens (including phenoxy) is 2. The lowest BCUT2D eigenvalue weighted by Crippen LogP contribution is -2.61. The van der Waals surface area contributed by atoms with Gasteiger partial charge in [-0.3, -0.25) is 14.5 Å². The first-order chi connectivity index (χ1) is 16.0. The van der Waals surface area contributed by atoms with E-state index in [1.807, 2.05) is 36.4 Å². The summed E-state index contributed by atoms with van der Waals surface area (Å²) in [6.07, 6.45) is 1.63. The van der Waals surface area contributed by atoms with Crippen molar-refractivity contribution in [1.29, 1.82) is 0 Å². The Bertz CT molecular complexity index is 1020. The minimum atomic E-state index is -0.410. The topological polar surface area (TPSA) is 97.0 Å². The van der Waals surface area contributed by atoms with Gasteiger partial charge in [0.25, 0.3) is 0 Å². The van der Waals surface area contributed by atoms with Crippen LogP contribution in [-0.2, 0) is 22.7 Å². The smallest absolute Gasteiger partial charge is 0.324 e. The van der Waals surface area contributed by atoms with Crippen LogP contribution in [0.3, 0.4) is 0 Å². The fraction of sp³-hybridized carbons (Fsp3) is 0.400. The van der Waals surface area contributed by atoms with Crippen molar-refractivity contribution in [3.8, 4) is 11.5 Å². The zero-order valence-electron chi connectivity index (χ0n) is 18.9. The van der Waals surface area contributed by atoms with Gasteiger partial charge in [-0.25, -0.2) is 4.79 Å². The number of imide groups is 1. The van der Waals surface area contributed by atoms with Gasteiger partial charge in [-0.05, 0) is 43.0 Å². The second-order valence-electron chi connectivity index (χ2n) is 8.47. The number of hydrogen-bond acceptors (Lipinski definition) is 5. The van der Waals surface area contributed by atoms with Crippen LogP contribution in [0.25, 0.3) is 0 Å². The Balaban J connectivity index is 1.35. The molecule has 2 fully saturated rings. The molecule has 2 aliphatic rings. The van der Waals surface area contributed by atoms with Crippen molar-refractivity contribution in [2.75, 3.05) is 14.2 Å². The minimum absolute atomic E-state index is 0.0679. The number of hydrogen-bond donors (Lipinski definition) is 2. The number of amides is 4. The standard InChI is InChI=1S/C25H29N3O5/c1-32-19-10-7-16(8-11-19)15-28-24(30)20-12-9-17(13-21(20)27-25(28)31)23(29)26-14-18-5-3-4-6-22(18)33-2/h3-8,10-11,17,20-21H,9,12-15H2,1-2H3,(H,26,29)(H,27,31). The molecule has 0 bridgehead atoms. The van der Waals surface area contributed by atoms with Gasteiger partial charge in [0.1, 0.15) is 11.5 Å². The predicted molar refractivity (Wildman–Crippen MR) is 122 cm³/mol. The normalized spacial score (nSPS) is 22.2. The van der Waals surface area contributed by atoms with Crippen LogP contribution in [0.5, 0.6) is 11.5 Å². The van der Waals surface area contributed by atoms with E-state index in [1.54, 1.807) is 26.4 Å². The second-order valence-corrected chi connectivity index (χ2v) is 8.47. The van der Waals surface area contributed by atoms with Gasteiger partial charge in [-0.15, -0.1) is 0 Å². The molecule has 2 N–H and O–H groups in total. The Morgan fingerprint density at radius 2 is 1.82 bits per heavy atom. The highest BCUT2D eigenvalue weighted by Crippen LogP contribution is 2.34. The van der Waals surface area contributed by atoms with E-state index >= 15 is 0 Å². The van der Waals surface area contributed by atoms with E-state index in [-0.39, 0.29) is 36.2 Å². The highest BCUT2D eigenvalue weighted by Gasteiger charge is 2.45. The lowest BCUT2D eigenvalue weighted by molar-refractivity contribution is -0.139. The number of nitrogens with one attached hydrogen (secondary N) is 2. The summed E-state index contributed by atoms with van der Waals surface area (Å²) in [5, 5.41) is 5.93. The Hall–Kier alpha value is -3.55. The maximum Gasteiger partial charge on any atom is 0.324 e. The van der Waals surface area contributed by atoms with Gasteiger partial charge >= 0.3 is 6.03 Å². The zero-order chi connectivity index (χ0) is 23.4. The number of urea groups is 1. The molecular weight excluding hydrogens is 422 g/mol. The predicted octanol–water partition coefficient (Wildman–Crippen LogP) is 2.86. The molecule has 3 atom stereocenters. The van der Waals surface area contributed by atoms with Gasteiger partial charge in [0.15, 0.2) is 0 Å². The van der Waals surface area contributed by atoms with Crippen LogP contribution >= 0.6 is 0 Å². The Labute approximate surface area is 193 Å². The Morgan fingerprint density at radius 3 is 2.55 bits per heavy atom. The van der Waals surface area contributed by atoms with Crippen LogP contribution in [0.4, 0.5) is 4.79 Å². The lowest BCUT2D eigenvalue weighted by Gasteiger charge is -2.42. The minimum Gasteiger partial charge on any atom is -0.497 e. The number of carbonyl (C=O) groups is 3. The van der Waals surface area contributed by atoms with E-state index in [0.717, 1.165) is 22.6 Å². The van der Waals surface area contributed by atoms with E-state index < -0.39 is 6.03 Å². The van der Waals surface area contributed by atoms with Gasteiger partial charge in [0.2, 0.25) is 11.8 Å². The molecule has 0 aromatic heterocycles. The fourth-order valence-corrected chi connectivity index (χ4v) is 4.64. The summed E-state index contributed by atoms with van der Waals surface area (Å²) >= 11 is 0. The molecule has 1 saturated heterocycles. The molecule has 8 nitrogen and oxygen atoms in total. The summed E-state index contributed by atoms with van der Waals surface area (Å²) < 4.78 is 10.5. The molecule has 3 unspecified atom stereocenters. The molecule has 4 amide bonds. The first-order valence-electron chi connectivity index (χ1n) is 11.1. The van der Waals surface area contributed by atoms with Gasteiger partial charge in [0, 0.05) is 24.1 Å². The maximum atomic E-state index is 13.1. The highest BCUT2D eigenvalue weighted by atomic mass is 16.5. The van der Waals surface area contributed by atoms with Crippen molar-refractivity contribution >= 4 is 17.8 Å². The number of para-hydroxylation sites is 1. The van der Waals surface area contributed by atoms with Crippen molar-refractivity contribution in [2.24, 2.45) is 11.8 Å². The SMILES string of the molecule is COc1ccc(CN2C(=O)NC3CC(C(=O)NCc4ccccc4OC)CCC3C2=O)cc1. The third kappa shape index (κ3) is 4.94. The fourth-order valence-electron chi connectivity index (χ4n) is 4.64. The number of rotatable bonds is 7. The summed E-state index contributed by atoms with van der Waals surface area (Å²) in [7, 11) is 3.19. The molecule has 0 radical (unpaired) electrons. The maximum absolute atomic E-state index is 13.1. The molecule has 1 aliphatic carbocycles. The summed E-state index contributed by atoms with van der Waals surface area (Å²) in [4.78, 5) is 39.8. The third-order valence-corrected chi connectivity index (χ3v) is 6.50. The number of methoxy groups -OCH3 is 2. The Morgan fingerprint density at radius 1 is 1.06 bits per heavy atom. The summed E-state index contributed by atoms with van der Waals surface area (Å²) in [5.41, 5.74) is 1.75.